The molecule has 0 fully saturated rings. The van der Waals surface area contributed by atoms with E-state index in [2.05, 4.69) is 22.5 Å². The molecule has 0 aromatic heterocycles. The second kappa shape index (κ2) is 16.5. The molecule has 0 aliphatic carbocycles. The average molecular weight is 544 g/mol. The molecule has 3 amide bonds. The lowest BCUT2D eigenvalue weighted by molar-refractivity contribution is -0.121. The van der Waals surface area contributed by atoms with Crippen LogP contribution in [0.2, 0.25) is 0 Å². The van der Waals surface area contributed by atoms with Crippen LogP contribution in [0.3, 0.4) is 0 Å². The second-order valence-electron chi connectivity index (χ2n) is 10.1. The average Bonchev–Trinajstić information content (AvgIpc) is 3.22. The number of carbonyl (C=O) groups excluding carboxylic acids is 4. The smallest absolute Gasteiger partial charge is 0.407 e. The zero-order valence-electron chi connectivity index (χ0n) is 23.5. The first-order chi connectivity index (χ1) is 18.7. The number of unbranched alkanes of at least 4 members (excludes halogenated alkanes) is 2. The second-order valence-corrected chi connectivity index (χ2v) is 10.1. The molecule has 1 aromatic rings. The number of aldehydes is 1. The van der Waals surface area contributed by atoms with Gasteiger partial charge in [0.1, 0.15) is 11.9 Å². The highest BCUT2D eigenvalue weighted by Crippen LogP contribution is 2.28. The molecule has 0 saturated carbocycles. The largest absolute Gasteiger partial charge is 0.444 e. The van der Waals surface area contributed by atoms with Gasteiger partial charge in [0.15, 0.2) is 0 Å². The van der Waals surface area contributed by atoms with Crippen LogP contribution in [-0.2, 0) is 30.3 Å². The van der Waals surface area contributed by atoms with Gasteiger partial charge in [0.25, 0.3) is 5.91 Å². The summed E-state index contributed by atoms with van der Waals surface area (Å²) >= 11 is 0. The SMILES string of the molecule is CNC(=O)CCC(C=O)N1Cc2c(C#CCCCCOCCOCCNC(=O)OC(C)(C)C)cccc2C1=O. The minimum absolute atomic E-state index is 0.166. The van der Waals surface area contributed by atoms with Crippen LogP contribution in [0.5, 0.6) is 0 Å². The third-order valence-electron chi connectivity index (χ3n) is 5.85. The van der Waals surface area contributed by atoms with Crippen LogP contribution in [0.1, 0.15) is 74.4 Å². The molecule has 0 spiro atoms. The number of ether oxygens (including phenoxy) is 3. The van der Waals surface area contributed by atoms with E-state index in [0.717, 1.165) is 30.3 Å². The topological polar surface area (TPSA) is 123 Å². The van der Waals surface area contributed by atoms with E-state index in [1.165, 1.54) is 4.90 Å². The normalized spacial score (nSPS) is 13.2. The molecular formula is C29H41N3O7. The Labute approximate surface area is 231 Å². The summed E-state index contributed by atoms with van der Waals surface area (Å²) in [6.07, 6.45) is 3.16. The Bertz CT molecular complexity index is 1040. The van der Waals surface area contributed by atoms with Crippen molar-refractivity contribution in [3.8, 4) is 11.8 Å². The Hall–Kier alpha value is -3.42. The van der Waals surface area contributed by atoms with E-state index < -0.39 is 17.7 Å². The molecule has 1 aromatic carbocycles. The number of hydrogen-bond donors (Lipinski definition) is 2. The molecule has 2 N–H and O–H groups in total. The molecule has 0 saturated heterocycles. The standard InChI is InChI=1S/C29H41N3O7/c1-29(2,3)39-28(36)31-15-17-38-19-18-37-16-8-6-5-7-10-22-11-9-12-24-25(22)20-32(27(24)35)23(21-33)13-14-26(34)30-4/h9,11-12,21,23H,5-6,8,13-20H2,1-4H3,(H,30,34)(H,31,36). The van der Waals surface area contributed by atoms with Gasteiger partial charge in [-0.2, -0.15) is 0 Å². The molecule has 1 atom stereocenters. The first kappa shape index (κ1) is 31.8. The van der Waals surface area contributed by atoms with Gasteiger partial charge in [0.05, 0.1) is 25.9 Å². The number of hydrogen-bond acceptors (Lipinski definition) is 7. The Morgan fingerprint density at radius 1 is 1.13 bits per heavy atom. The van der Waals surface area contributed by atoms with Crippen LogP contribution in [0.4, 0.5) is 4.79 Å². The third-order valence-corrected chi connectivity index (χ3v) is 5.85. The highest BCUT2D eigenvalue weighted by Gasteiger charge is 2.33. The maximum Gasteiger partial charge on any atom is 0.407 e. The molecule has 1 heterocycles. The minimum atomic E-state index is -0.651. The lowest BCUT2D eigenvalue weighted by atomic mass is 10.0. The summed E-state index contributed by atoms with van der Waals surface area (Å²) in [6, 6.07) is 4.79. The number of carbonyl (C=O) groups is 4. The molecule has 1 unspecified atom stereocenters. The summed E-state index contributed by atoms with van der Waals surface area (Å²) < 4.78 is 16.1. The summed E-state index contributed by atoms with van der Waals surface area (Å²) in [4.78, 5) is 49.1. The van der Waals surface area contributed by atoms with Crippen molar-refractivity contribution >= 4 is 24.2 Å². The van der Waals surface area contributed by atoms with Crippen LogP contribution >= 0.6 is 0 Å². The quantitative estimate of drug-likeness (QED) is 0.198. The molecule has 1 aliphatic rings. The van der Waals surface area contributed by atoms with Crippen LogP contribution in [0, 0.1) is 11.8 Å². The molecule has 1 aliphatic heterocycles. The van der Waals surface area contributed by atoms with E-state index in [1.807, 2.05) is 26.8 Å². The van der Waals surface area contributed by atoms with Gasteiger partial charge in [0.2, 0.25) is 5.91 Å². The van der Waals surface area contributed by atoms with Gasteiger partial charge >= 0.3 is 6.09 Å². The van der Waals surface area contributed by atoms with Crippen LogP contribution in [0.15, 0.2) is 18.2 Å². The fourth-order valence-electron chi connectivity index (χ4n) is 3.88. The minimum Gasteiger partial charge on any atom is -0.444 e. The zero-order valence-corrected chi connectivity index (χ0v) is 23.5. The van der Waals surface area contributed by atoms with Crippen molar-refractivity contribution < 1.29 is 33.4 Å². The van der Waals surface area contributed by atoms with Crippen LogP contribution in [-0.4, -0.2) is 80.8 Å². The van der Waals surface area contributed by atoms with Crippen molar-refractivity contribution in [2.45, 2.75) is 71.1 Å². The maximum atomic E-state index is 12.9. The Morgan fingerprint density at radius 2 is 1.87 bits per heavy atom. The number of alkyl carbamates (subject to hydrolysis) is 1. The van der Waals surface area contributed by atoms with Gasteiger partial charge in [-0.05, 0) is 57.7 Å². The third kappa shape index (κ3) is 11.5. The molecule has 0 radical (unpaired) electrons. The molecule has 10 heteroatoms. The van der Waals surface area contributed by atoms with Crippen molar-refractivity contribution in [3.05, 3.63) is 34.9 Å². The molecular weight excluding hydrogens is 502 g/mol. The predicted octanol–water partition coefficient (Wildman–Crippen LogP) is 2.82. The van der Waals surface area contributed by atoms with E-state index in [1.54, 1.807) is 19.2 Å². The van der Waals surface area contributed by atoms with Gasteiger partial charge in [-0.15, -0.1) is 0 Å². The maximum absolute atomic E-state index is 12.9. The van der Waals surface area contributed by atoms with E-state index in [4.69, 9.17) is 14.2 Å². The summed E-state index contributed by atoms with van der Waals surface area (Å²) in [5.41, 5.74) is 1.65. The Kier molecular flexibility index (Phi) is 13.5. The Morgan fingerprint density at radius 3 is 2.56 bits per heavy atom. The number of nitrogens with one attached hydrogen (secondary N) is 2. The lowest BCUT2D eigenvalue weighted by Gasteiger charge is -2.22. The van der Waals surface area contributed by atoms with E-state index in [0.29, 0.717) is 51.5 Å². The van der Waals surface area contributed by atoms with Gasteiger partial charge in [-0.25, -0.2) is 4.79 Å². The molecule has 214 valence electrons. The summed E-state index contributed by atoms with van der Waals surface area (Å²) in [5, 5.41) is 5.16. The van der Waals surface area contributed by atoms with E-state index >= 15 is 0 Å². The fraction of sp³-hybridized carbons (Fsp3) is 0.586. The predicted molar refractivity (Wildman–Crippen MR) is 146 cm³/mol. The van der Waals surface area contributed by atoms with Crippen molar-refractivity contribution in [2.24, 2.45) is 0 Å². The molecule has 2 rings (SSSR count). The van der Waals surface area contributed by atoms with Crippen LogP contribution in [0.25, 0.3) is 0 Å². The van der Waals surface area contributed by atoms with E-state index in [9.17, 15) is 19.2 Å². The molecule has 39 heavy (non-hydrogen) atoms. The van der Waals surface area contributed by atoms with Crippen molar-refractivity contribution in [3.63, 3.8) is 0 Å². The van der Waals surface area contributed by atoms with Crippen molar-refractivity contribution in [2.75, 3.05) is 40.0 Å². The van der Waals surface area contributed by atoms with Gasteiger partial charge in [0, 0.05) is 50.7 Å². The molecule has 0 bridgehead atoms. The zero-order chi connectivity index (χ0) is 28.7. The lowest BCUT2D eigenvalue weighted by Crippen LogP contribution is -2.37. The van der Waals surface area contributed by atoms with Gasteiger partial charge < -0.3 is 34.5 Å². The van der Waals surface area contributed by atoms with E-state index in [-0.39, 0.29) is 24.7 Å². The highest BCUT2D eigenvalue weighted by atomic mass is 16.6. The van der Waals surface area contributed by atoms with Gasteiger partial charge in [-0.1, -0.05) is 17.9 Å². The summed E-state index contributed by atoms with van der Waals surface area (Å²) in [5.74, 6) is 5.97. The number of benzene rings is 1. The van der Waals surface area contributed by atoms with Crippen molar-refractivity contribution in [1.29, 1.82) is 0 Å². The summed E-state index contributed by atoms with van der Waals surface area (Å²) in [7, 11) is 1.54. The monoisotopic (exact) mass is 543 g/mol. The van der Waals surface area contributed by atoms with Crippen LogP contribution < -0.4 is 10.6 Å². The number of fused-ring (bicyclic) bond motifs is 1. The number of rotatable bonds is 15. The Balaban J connectivity index is 1.64. The number of amides is 3. The highest BCUT2D eigenvalue weighted by molar-refractivity contribution is 6.00. The number of nitrogens with zero attached hydrogens (tertiary/aromatic N) is 1. The first-order valence-corrected chi connectivity index (χ1v) is 13.4. The fourth-order valence-corrected chi connectivity index (χ4v) is 3.88. The molecule has 10 nitrogen and oxygen atoms in total. The first-order valence-electron chi connectivity index (χ1n) is 13.4. The summed E-state index contributed by atoms with van der Waals surface area (Å²) in [6.45, 7) is 8.03. The van der Waals surface area contributed by atoms with Crippen molar-refractivity contribution in [1.82, 2.24) is 15.5 Å². The van der Waals surface area contributed by atoms with Gasteiger partial charge in [-0.3, -0.25) is 9.59 Å².